The molecule has 0 bridgehead atoms. The highest BCUT2D eigenvalue weighted by molar-refractivity contribution is 5.38. The maximum atomic E-state index is 12.6. The first-order chi connectivity index (χ1) is 9.76. The molecule has 0 fully saturated rings. The van der Waals surface area contributed by atoms with Crippen molar-refractivity contribution in [1.29, 1.82) is 0 Å². The van der Waals surface area contributed by atoms with Crippen molar-refractivity contribution >= 4 is 0 Å². The van der Waals surface area contributed by atoms with Gasteiger partial charge in [0.25, 0.3) is 0 Å². The van der Waals surface area contributed by atoms with E-state index in [9.17, 15) is 18.3 Å². The van der Waals surface area contributed by atoms with E-state index in [2.05, 4.69) is 0 Å². The minimum Gasteiger partial charge on any atom is -0.496 e. The van der Waals surface area contributed by atoms with Gasteiger partial charge in [-0.05, 0) is 37.6 Å². The first-order valence-corrected chi connectivity index (χ1v) is 6.90. The average molecular weight is 305 g/mol. The van der Waals surface area contributed by atoms with Gasteiger partial charge in [0.1, 0.15) is 5.75 Å². The quantitative estimate of drug-likeness (QED) is 0.836. The van der Waals surface area contributed by atoms with Gasteiger partial charge in [-0.1, -0.05) is 13.0 Å². The van der Waals surface area contributed by atoms with Crippen LogP contribution in [0.2, 0.25) is 0 Å². The Morgan fingerprint density at radius 3 is 2.48 bits per heavy atom. The maximum Gasteiger partial charge on any atom is 0.401 e. The van der Waals surface area contributed by atoms with E-state index in [-0.39, 0.29) is 6.54 Å². The zero-order valence-electron chi connectivity index (χ0n) is 12.6. The first kappa shape index (κ1) is 17.8. The molecule has 0 heterocycles. The summed E-state index contributed by atoms with van der Waals surface area (Å²) in [7, 11) is 1.48. The molecule has 120 valence electrons. The molecule has 0 aliphatic rings. The molecule has 1 unspecified atom stereocenters. The second-order valence-corrected chi connectivity index (χ2v) is 5.07. The molecule has 3 nitrogen and oxygen atoms in total. The van der Waals surface area contributed by atoms with Gasteiger partial charge >= 0.3 is 6.18 Å². The van der Waals surface area contributed by atoms with Crippen molar-refractivity contribution in [3.63, 3.8) is 0 Å². The fraction of sp³-hybridized carbons (Fsp3) is 0.600. The van der Waals surface area contributed by atoms with Crippen LogP contribution in [0.5, 0.6) is 5.75 Å². The van der Waals surface area contributed by atoms with E-state index in [0.717, 1.165) is 0 Å². The van der Waals surface area contributed by atoms with Gasteiger partial charge in [0.05, 0.1) is 19.8 Å². The molecule has 0 spiro atoms. The Balaban J connectivity index is 2.97. The number of benzene rings is 1. The Labute approximate surface area is 123 Å². The Morgan fingerprint density at radius 1 is 1.33 bits per heavy atom. The highest BCUT2D eigenvalue weighted by Crippen LogP contribution is 2.26. The van der Waals surface area contributed by atoms with Crippen molar-refractivity contribution in [2.75, 3.05) is 20.2 Å². The normalized spacial score (nSPS) is 13.5. The molecule has 0 saturated carbocycles. The molecular weight excluding hydrogens is 283 g/mol. The van der Waals surface area contributed by atoms with E-state index >= 15 is 0 Å². The highest BCUT2D eigenvalue weighted by Gasteiger charge is 2.30. The lowest BCUT2D eigenvalue weighted by molar-refractivity contribution is -0.147. The van der Waals surface area contributed by atoms with E-state index in [1.54, 1.807) is 25.1 Å². The smallest absolute Gasteiger partial charge is 0.401 e. The molecule has 1 aromatic rings. The molecule has 1 N–H and O–H groups in total. The van der Waals surface area contributed by atoms with E-state index in [1.807, 2.05) is 6.92 Å². The Morgan fingerprint density at radius 2 is 2.00 bits per heavy atom. The minimum atomic E-state index is -4.23. The standard InChI is InChI=1S/C15H22F3NO2/c1-4-7-19(10-15(16,17)18)9-13-8-12(11(2)20)5-6-14(13)21-3/h5-6,8,11,20H,4,7,9-10H2,1-3H3. The predicted octanol–water partition coefficient (Wildman–Crippen LogP) is 3.52. The number of alkyl halides is 3. The molecule has 0 radical (unpaired) electrons. The summed E-state index contributed by atoms with van der Waals surface area (Å²) in [6.45, 7) is 2.99. The number of aliphatic hydroxyl groups is 1. The van der Waals surface area contributed by atoms with E-state index < -0.39 is 18.8 Å². The second-order valence-electron chi connectivity index (χ2n) is 5.07. The van der Waals surface area contributed by atoms with Gasteiger partial charge in [-0.15, -0.1) is 0 Å². The monoisotopic (exact) mass is 305 g/mol. The third-order valence-electron chi connectivity index (χ3n) is 3.12. The summed E-state index contributed by atoms with van der Waals surface area (Å²) in [4.78, 5) is 1.34. The van der Waals surface area contributed by atoms with Crippen molar-refractivity contribution in [3.8, 4) is 5.75 Å². The first-order valence-electron chi connectivity index (χ1n) is 6.90. The summed E-state index contributed by atoms with van der Waals surface area (Å²) < 4.78 is 43.0. The minimum absolute atomic E-state index is 0.136. The molecule has 0 amide bonds. The van der Waals surface area contributed by atoms with Crippen LogP contribution in [0.3, 0.4) is 0 Å². The van der Waals surface area contributed by atoms with Crippen molar-refractivity contribution in [2.45, 2.75) is 39.1 Å². The number of aliphatic hydroxyl groups excluding tert-OH is 1. The number of halogens is 3. The Kier molecular flexibility index (Phi) is 6.48. The van der Waals surface area contributed by atoms with Crippen molar-refractivity contribution < 1.29 is 23.0 Å². The lowest BCUT2D eigenvalue weighted by Gasteiger charge is -2.24. The number of nitrogens with zero attached hydrogens (tertiary/aromatic N) is 1. The predicted molar refractivity (Wildman–Crippen MR) is 75.3 cm³/mol. The molecule has 1 atom stereocenters. The molecule has 1 aromatic carbocycles. The van der Waals surface area contributed by atoms with Crippen LogP contribution in [0.1, 0.15) is 37.5 Å². The summed E-state index contributed by atoms with van der Waals surface area (Å²) in [5, 5.41) is 9.60. The topological polar surface area (TPSA) is 32.7 Å². The second kappa shape index (κ2) is 7.66. The summed E-state index contributed by atoms with van der Waals surface area (Å²) >= 11 is 0. The average Bonchev–Trinajstić information content (AvgIpc) is 2.36. The van der Waals surface area contributed by atoms with Gasteiger partial charge in [0.2, 0.25) is 0 Å². The molecule has 1 rings (SSSR count). The van der Waals surface area contributed by atoms with Crippen LogP contribution >= 0.6 is 0 Å². The van der Waals surface area contributed by atoms with E-state index in [4.69, 9.17) is 4.74 Å². The molecule has 6 heteroatoms. The SMILES string of the molecule is CCCN(Cc1cc(C(C)O)ccc1OC)CC(F)(F)F. The van der Waals surface area contributed by atoms with Crippen LogP contribution in [0, 0.1) is 0 Å². The summed E-state index contributed by atoms with van der Waals surface area (Å²) in [6, 6.07) is 5.08. The molecule has 21 heavy (non-hydrogen) atoms. The van der Waals surface area contributed by atoms with Crippen molar-refractivity contribution in [1.82, 2.24) is 4.90 Å². The lowest BCUT2D eigenvalue weighted by Crippen LogP contribution is -2.34. The number of hydrogen-bond donors (Lipinski definition) is 1. The zero-order chi connectivity index (χ0) is 16.0. The number of rotatable bonds is 7. The third kappa shape index (κ3) is 5.93. The van der Waals surface area contributed by atoms with E-state index in [1.165, 1.54) is 12.0 Å². The van der Waals surface area contributed by atoms with Crippen LogP contribution in [-0.4, -0.2) is 36.4 Å². The van der Waals surface area contributed by atoms with Crippen LogP contribution in [-0.2, 0) is 6.54 Å². The number of hydrogen-bond acceptors (Lipinski definition) is 3. The molecule has 0 aromatic heterocycles. The van der Waals surface area contributed by atoms with Crippen LogP contribution in [0.15, 0.2) is 18.2 Å². The van der Waals surface area contributed by atoms with Gasteiger partial charge in [0.15, 0.2) is 0 Å². The summed E-state index contributed by atoms with van der Waals surface area (Å²) in [6.07, 6.45) is -4.27. The zero-order valence-corrected chi connectivity index (χ0v) is 12.6. The van der Waals surface area contributed by atoms with Gasteiger partial charge in [-0.25, -0.2) is 0 Å². The Hall–Kier alpha value is -1.27. The maximum absolute atomic E-state index is 12.6. The van der Waals surface area contributed by atoms with E-state index in [0.29, 0.717) is 29.8 Å². The van der Waals surface area contributed by atoms with Gasteiger partial charge < -0.3 is 9.84 Å². The molecule has 0 aliphatic heterocycles. The molecular formula is C15H22F3NO2. The van der Waals surface area contributed by atoms with Crippen LogP contribution in [0.25, 0.3) is 0 Å². The van der Waals surface area contributed by atoms with Crippen molar-refractivity contribution in [2.24, 2.45) is 0 Å². The lowest BCUT2D eigenvalue weighted by atomic mass is 10.1. The number of methoxy groups -OCH3 is 1. The highest BCUT2D eigenvalue weighted by atomic mass is 19.4. The molecule has 0 saturated heterocycles. The van der Waals surface area contributed by atoms with Crippen molar-refractivity contribution in [3.05, 3.63) is 29.3 Å². The number of ether oxygens (including phenoxy) is 1. The summed E-state index contributed by atoms with van der Waals surface area (Å²) in [5.74, 6) is 0.530. The van der Waals surface area contributed by atoms with Gasteiger partial charge in [-0.2, -0.15) is 13.2 Å². The Bertz CT molecular complexity index is 447. The van der Waals surface area contributed by atoms with Crippen LogP contribution in [0.4, 0.5) is 13.2 Å². The summed E-state index contributed by atoms with van der Waals surface area (Å²) in [5.41, 5.74) is 1.31. The largest absolute Gasteiger partial charge is 0.496 e. The third-order valence-corrected chi connectivity index (χ3v) is 3.12. The van der Waals surface area contributed by atoms with Gasteiger partial charge in [0, 0.05) is 12.1 Å². The van der Waals surface area contributed by atoms with Gasteiger partial charge in [-0.3, -0.25) is 4.90 Å². The van der Waals surface area contributed by atoms with Crippen LogP contribution < -0.4 is 4.74 Å². The fourth-order valence-corrected chi connectivity index (χ4v) is 2.21. The molecule has 0 aliphatic carbocycles. The fourth-order valence-electron chi connectivity index (χ4n) is 2.21.